The summed E-state index contributed by atoms with van der Waals surface area (Å²) in [6, 6.07) is 6.38. The molecule has 1 heterocycles. The van der Waals surface area contributed by atoms with Crippen LogP contribution in [0.2, 0.25) is 0 Å². The highest BCUT2D eigenvalue weighted by atomic mass is 16.2. The number of carbonyl (C=O) groups is 2. The predicted molar refractivity (Wildman–Crippen MR) is 52.4 cm³/mol. The Hall–Kier alpha value is -2.23. The first-order valence-corrected chi connectivity index (χ1v) is 4.26. The molecular formula is C11H6NO3. The fraction of sp³-hybridized carbons (Fsp3) is 0. The summed E-state index contributed by atoms with van der Waals surface area (Å²) in [5.74, 6) is -0.876. The number of imide groups is 1. The molecule has 1 aromatic rings. The summed E-state index contributed by atoms with van der Waals surface area (Å²) in [7, 11) is 0. The van der Waals surface area contributed by atoms with Crippen LogP contribution in [0.5, 0.6) is 0 Å². The molecule has 1 aliphatic rings. The first-order valence-electron chi connectivity index (χ1n) is 4.26. The number of hydrogen-bond donors (Lipinski definition) is 1. The molecule has 0 unspecified atom stereocenters. The minimum atomic E-state index is -0.442. The summed E-state index contributed by atoms with van der Waals surface area (Å²) in [4.78, 5) is 32.6. The molecule has 1 aliphatic heterocycles. The molecule has 0 atom stereocenters. The van der Waals surface area contributed by atoms with E-state index in [9.17, 15) is 14.4 Å². The molecule has 0 spiro atoms. The average molecular weight is 200 g/mol. The maximum absolute atomic E-state index is 11.3. The van der Waals surface area contributed by atoms with Crippen LogP contribution in [0.4, 0.5) is 0 Å². The third kappa shape index (κ3) is 1.69. The molecule has 0 aliphatic carbocycles. The van der Waals surface area contributed by atoms with Crippen molar-refractivity contribution in [3.05, 3.63) is 41.5 Å². The molecule has 0 fully saturated rings. The van der Waals surface area contributed by atoms with Gasteiger partial charge in [-0.2, -0.15) is 0 Å². The Labute approximate surface area is 85.6 Å². The molecule has 0 saturated carbocycles. The van der Waals surface area contributed by atoms with E-state index < -0.39 is 11.8 Å². The number of hydrogen-bond acceptors (Lipinski definition) is 3. The molecule has 0 saturated heterocycles. The maximum Gasteiger partial charge on any atom is 0.258 e. The molecule has 73 valence electrons. The Morgan fingerprint density at radius 2 is 2.00 bits per heavy atom. The Morgan fingerprint density at radius 1 is 1.20 bits per heavy atom. The molecule has 0 bridgehead atoms. The van der Waals surface area contributed by atoms with Crippen LogP contribution < -0.4 is 5.32 Å². The van der Waals surface area contributed by atoms with Gasteiger partial charge in [0.25, 0.3) is 11.8 Å². The molecular weight excluding hydrogens is 194 g/mol. The SMILES string of the molecule is O=[C]c1cccc(C2=CC(=O)NC2=O)c1. The third-order valence-electron chi connectivity index (χ3n) is 2.05. The maximum atomic E-state index is 11.3. The van der Waals surface area contributed by atoms with Crippen LogP contribution in [-0.4, -0.2) is 18.1 Å². The van der Waals surface area contributed by atoms with Crippen molar-refractivity contribution in [3.8, 4) is 0 Å². The molecule has 15 heavy (non-hydrogen) atoms. The van der Waals surface area contributed by atoms with Crippen molar-refractivity contribution >= 4 is 23.7 Å². The highest BCUT2D eigenvalue weighted by Crippen LogP contribution is 2.18. The Balaban J connectivity index is 2.45. The molecule has 2 rings (SSSR count). The fourth-order valence-corrected chi connectivity index (χ4v) is 1.38. The smallest absolute Gasteiger partial charge is 0.258 e. The van der Waals surface area contributed by atoms with Crippen molar-refractivity contribution in [3.63, 3.8) is 0 Å². The van der Waals surface area contributed by atoms with E-state index in [0.717, 1.165) is 0 Å². The zero-order chi connectivity index (χ0) is 10.8. The summed E-state index contributed by atoms with van der Waals surface area (Å²) < 4.78 is 0. The topological polar surface area (TPSA) is 63.2 Å². The highest BCUT2D eigenvalue weighted by Gasteiger charge is 2.21. The summed E-state index contributed by atoms with van der Waals surface area (Å²) in [6.07, 6.45) is 2.94. The lowest BCUT2D eigenvalue weighted by Crippen LogP contribution is -2.21. The van der Waals surface area contributed by atoms with Crippen LogP contribution in [-0.2, 0) is 14.4 Å². The van der Waals surface area contributed by atoms with Crippen molar-refractivity contribution in [2.75, 3.05) is 0 Å². The van der Waals surface area contributed by atoms with Crippen molar-refractivity contribution < 1.29 is 14.4 Å². The van der Waals surface area contributed by atoms with E-state index in [4.69, 9.17) is 0 Å². The second kappa shape index (κ2) is 3.49. The van der Waals surface area contributed by atoms with Crippen molar-refractivity contribution in [1.82, 2.24) is 5.32 Å². The predicted octanol–water partition coefficient (Wildman–Crippen LogP) is 0.184. The van der Waals surface area contributed by atoms with E-state index >= 15 is 0 Å². The van der Waals surface area contributed by atoms with E-state index in [1.165, 1.54) is 12.1 Å². The minimum Gasteiger partial charge on any atom is -0.289 e. The van der Waals surface area contributed by atoms with E-state index in [1.54, 1.807) is 24.5 Å². The molecule has 0 aromatic heterocycles. The van der Waals surface area contributed by atoms with E-state index in [2.05, 4.69) is 5.32 Å². The van der Waals surface area contributed by atoms with Gasteiger partial charge in [-0.15, -0.1) is 0 Å². The van der Waals surface area contributed by atoms with Crippen LogP contribution in [0.25, 0.3) is 5.57 Å². The van der Waals surface area contributed by atoms with Crippen LogP contribution in [0.15, 0.2) is 30.3 Å². The standard InChI is InChI=1S/C11H6NO3/c13-6-7-2-1-3-8(4-7)9-5-10(14)12-11(9)15/h1-5H,(H,12,14,15). The van der Waals surface area contributed by atoms with E-state index in [0.29, 0.717) is 11.1 Å². The van der Waals surface area contributed by atoms with Gasteiger partial charge in [0.15, 0.2) is 0 Å². The Bertz CT molecular complexity index is 488. The van der Waals surface area contributed by atoms with Crippen LogP contribution in [0.1, 0.15) is 11.1 Å². The largest absolute Gasteiger partial charge is 0.289 e. The summed E-state index contributed by atoms with van der Waals surface area (Å²) >= 11 is 0. The molecule has 4 heteroatoms. The normalized spacial score (nSPS) is 14.8. The summed E-state index contributed by atoms with van der Waals surface area (Å²) in [6.45, 7) is 0. The van der Waals surface area contributed by atoms with Gasteiger partial charge in [-0.25, -0.2) is 0 Å². The number of nitrogens with one attached hydrogen (secondary N) is 1. The van der Waals surface area contributed by atoms with Gasteiger partial charge < -0.3 is 0 Å². The molecule has 1 N–H and O–H groups in total. The van der Waals surface area contributed by atoms with Crippen LogP contribution >= 0.6 is 0 Å². The lowest BCUT2D eigenvalue weighted by molar-refractivity contribution is -0.123. The minimum absolute atomic E-state index is 0.275. The first-order chi connectivity index (χ1) is 7.20. The third-order valence-corrected chi connectivity index (χ3v) is 2.05. The first kappa shape index (κ1) is 9.33. The number of rotatable bonds is 2. The van der Waals surface area contributed by atoms with Gasteiger partial charge in [0.2, 0.25) is 6.29 Å². The fourth-order valence-electron chi connectivity index (χ4n) is 1.38. The monoisotopic (exact) mass is 200 g/mol. The highest BCUT2D eigenvalue weighted by molar-refractivity contribution is 6.33. The Morgan fingerprint density at radius 3 is 2.60 bits per heavy atom. The average Bonchev–Trinajstić information content (AvgIpc) is 2.58. The van der Waals surface area contributed by atoms with Gasteiger partial charge in [0.1, 0.15) is 0 Å². The van der Waals surface area contributed by atoms with Gasteiger partial charge >= 0.3 is 0 Å². The van der Waals surface area contributed by atoms with Crippen molar-refractivity contribution in [1.29, 1.82) is 0 Å². The molecule has 1 aromatic carbocycles. The summed E-state index contributed by atoms with van der Waals surface area (Å²) in [5, 5.41) is 2.13. The van der Waals surface area contributed by atoms with Crippen molar-refractivity contribution in [2.24, 2.45) is 0 Å². The lowest BCUT2D eigenvalue weighted by atomic mass is 10.0. The van der Waals surface area contributed by atoms with E-state index in [-0.39, 0.29) is 5.57 Å². The zero-order valence-corrected chi connectivity index (χ0v) is 7.61. The lowest BCUT2D eigenvalue weighted by Gasteiger charge is -1.99. The second-order valence-corrected chi connectivity index (χ2v) is 3.06. The van der Waals surface area contributed by atoms with Gasteiger partial charge in [-0.05, 0) is 11.6 Å². The molecule has 1 radical (unpaired) electrons. The van der Waals surface area contributed by atoms with Crippen molar-refractivity contribution in [2.45, 2.75) is 0 Å². The molecule has 4 nitrogen and oxygen atoms in total. The van der Waals surface area contributed by atoms with Gasteiger partial charge in [0, 0.05) is 11.6 Å². The van der Waals surface area contributed by atoms with Gasteiger partial charge in [-0.3, -0.25) is 19.7 Å². The number of amides is 2. The van der Waals surface area contributed by atoms with E-state index in [1.807, 2.05) is 0 Å². The van der Waals surface area contributed by atoms with Gasteiger partial charge in [-0.1, -0.05) is 18.2 Å². The molecule has 2 amide bonds. The zero-order valence-electron chi connectivity index (χ0n) is 7.61. The van der Waals surface area contributed by atoms with Crippen LogP contribution in [0, 0.1) is 0 Å². The Kier molecular flexibility index (Phi) is 2.17. The number of benzene rings is 1. The quantitative estimate of drug-likeness (QED) is 0.693. The van der Waals surface area contributed by atoms with Gasteiger partial charge in [0.05, 0.1) is 5.57 Å². The summed E-state index contributed by atoms with van der Waals surface area (Å²) in [5.41, 5.74) is 1.16. The second-order valence-electron chi connectivity index (χ2n) is 3.06. The number of carbonyl (C=O) groups excluding carboxylic acids is 3. The van der Waals surface area contributed by atoms with Crippen LogP contribution in [0.3, 0.4) is 0 Å².